The van der Waals surface area contributed by atoms with Crippen molar-refractivity contribution in [1.82, 2.24) is 0 Å². The average molecular weight is 235 g/mol. The lowest BCUT2D eigenvalue weighted by atomic mass is 10.1. The summed E-state index contributed by atoms with van der Waals surface area (Å²) in [4.78, 5) is 11.5. The number of nitrogens with one attached hydrogen (secondary N) is 1. The molecule has 1 atom stereocenters. The quantitative estimate of drug-likeness (QED) is 0.801. The van der Waals surface area contributed by atoms with Gasteiger partial charge < -0.3 is 9.47 Å². The topological polar surface area (TPSA) is 50.9 Å². The Morgan fingerprint density at radius 1 is 1.35 bits per heavy atom. The van der Waals surface area contributed by atoms with Crippen LogP contribution in [0.3, 0.4) is 0 Å². The molecule has 0 unspecified atom stereocenters. The number of carbonyl (C=O) groups is 1. The van der Waals surface area contributed by atoms with Gasteiger partial charge in [-0.05, 0) is 38.5 Å². The molecule has 0 radical (unpaired) electrons. The highest BCUT2D eigenvalue weighted by molar-refractivity contribution is 5.84. The van der Waals surface area contributed by atoms with E-state index >= 15 is 0 Å². The third kappa shape index (κ3) is 3.75. The van der Waals surface area contributed by atoms with Crippen LogP contribution in [0.5, 0.6) is 0 Å². The number of amides is 1. The van der Waals surface area contributed by atoms with E-state index in [1.54, 1.807) is 0 Å². The molecule has 1 aromatic carbocycles. The lowest BCUT2D eigenvalue weighted by Crippen LogP contribution is -2.27. The Bertz CT molecular complexity index is 402. The Kier molecular flexibility index (Phi) is 3.07. The van der Waals surface area contributed by atoms with E-state index in [4.69, 9.17) is 9.47 Å². The average Bonchev–Trinajstić information content (AvgIpc) is 2.99. The van der Waals surface area contributed by atoms with Gasteiger partial charge >= 0.3 is 6.09 Å². The van der Waals surface area contributed by atoms with Crippen LogP contribution in [0.15, 0.2) is 24.3 Å². The van der Waals surface area contributed by atoms with Gasteiger partial charge in [0.25, 0.3) is 0 Å². The summed E-state index contributed by atoms with van der Waals surface area (Å²) in [6, 6.07) is 7.59. The summed E-state index contributed by atoms with van der Waals surface area (Å²) in [6.45, 7) is 6.29. The molecule has 1 aromatic rings. The third-order valence-corrected chi connectivity index (χ3v) is 2.26. The highest BCUT2D eigenvalue weighted by atomic mass is 16.6. The summed E-state index contributed by atoms with van der Waals surface area (Å²) in [5, 5.41) is 2.68. The number of hydrogen-bond donors (Lipinski definition) is 1. The summed E-state index contributed by atoms with van der Waals surface area (Å²) in [5.74, 6) is 0. The maximum Gasteiger partial charge on any atom is 0.412 e. The van der Waals surface area contributed by atoms with Gasteiger partial charge in [-0.15, -0.1) is 0 Å². The summed E-state index contributed by atoms with van der Waals surface area (Å²) in [7, 11) is 0. The van der Waals surface area contributed by atoms with Crippen LogP contribution in [-0.2, 0) is 9.47 Å². The van der Waals surface area contributed by atoms with Crippen molar-refractivity contribution in [3.05, 3.63) is 29.8 Å². The van der Waals surface area contributed by atoms with E-state index in [0.717, 1.165) is 17.9 Å². The monoisotopic (exact) mass is 235 g/mol. The Morgan fingerprint density at radius 3 is 2.41 bits per heavy atom. The number of carbonyl (C=O) groups excluding carboxylic acids is 1. The van der Waals surface area contributed by atoms with Crippen molar-refractivity contribution >= 4 is 11.8 Å². The molecule has 4 nitrogen and oxygen atoms in total. The van der Waals surface area contributed by atoms with Crippen molar-refractivity contribution in [3.63, 3.8) is 0 Å². The number of hydrogen-bond acceptors (Lipinski definition) is 3. The van der Waals surface area contributed by atoms with Gasteiger partial charge in [-0.25, -0.2) is 4.79 Å². The van der Waals surface area contributed by atoms with Crippen molar-refractivity contribution in [2.75, 3.05) is 11.9 Å². The van der Waals surface area contributed by atoms with Crippen LogP contribution >= 0.6 is 0 Å². The van der Waals surface area contributed by atoms with Crippen molar-refractivity contribution in [1.29, 1.82) is 0 Å². The van der Waals surface area contributed by atoms with E-state index in [9.17, 15) is 4.79 Å². The molecule has 2 rings (SSSR count). The van der Waals surface area contributed by atoms with Crippen LogP contribution < -0.4 is 5.32 Å². The summed E-state index contributed by atoms with van der Waals surface area (Å²) in [5.41, 5.74) is 1.38. The molecule has 0 aromatic heterocycles. The van der Waals surface area contributed by atoms with E-state index in [1.807, 2.05) is 45.0 Å². The molecule has 1 fully saturated rings. The molecule has 1 N–H and O–H groups in total. The Balaban J connectivity index is 1.92. The highest BCUT2D eigenvalue weighted by Gasteiger charge is 2.24. The van der Waals surface area contributed by atoms with Gasteiger partial charge in [-0.3, -0.25) is 5.32 Å². The molecule has 0 saturated carbocycles. The van der Waals surface area contributed by atoms with Crippen molar-refractivity contribution in [2.24, 2.45) is 0 Å². The molecular weight excluding hydrogens is 218 g/mol. The zero-order valence-corrected chi connectivity index (χ0v) is 10.3. The largest absolute Gasteiger partial charge is 0.444 e. The number of epoxide rings is 1. The van der Waals surface area contributed by atoms with Gasteiger partial charge in [-0.2, -0.15) is 0 Å². The second-order valence-electron chi connectivity index (χ2n) is 5.07. The van der Waals surface area contributed by atoms with Crippen LogP contribution in [0.4, 0.5) is 10.5 Å². The van der Waals surface area contributed by atoms with E-state index in [2.05, 4.69) is 5.32 Å². The summed E-state index contributed by atoms with van der Waals surface area (Å²) >= 11 is 0. The van der Waals surface area contributed by atoms with Gasteiger partial charge in [0.2, 0.25) is 0 Å². The fourth-order valence-electron chi connectivity index (χ4n) is 1.44. The predicted octanol–water partition coefficient (Wildman–Crippen LogP) is 3.10. The molecule has 0 bridgehead atoms. The van der Waals surface area contributed by atoms with Crippen molar-refractivity contribution in [3.8, 4) is 0 Å². The molecule has 1 saturated heterocycles. The molecule has 1 aliphatic heterocycles. The van der Waals surface area contributed by atoms with Crippen LogP contribution in [0.25, 0.3) is 0 Å². The minimum atomic E-state index is -0.480. The van der Waals surface area contributed by atoms with Gasteiger partial charge in [-0.1, -0.05) is 12.1 Å². The Hall–Kier alpha value is -1.55. The second-order valence-corrected chi connectivity index (χ2v) is 5.07. The van der Waals surface area contributed by atoms with Gasteiger partial charge in [0.1, 0.15) is 11.7 Å². The van der Waals surface area contributed by atoms with Gasteiger partial charge in [0.05, 0.1) is 6.61 Å². The Morgan fingerprint density at radius 2 is 1.94 bits per heavy atom. The fraction of sp³-hybridized carbons (Fsp3) is 0.462. The molecule has 1 heterocycles. The maximum absolute atomic E-state index is 11.5. The molecule has 0 spiro atoms. The first-order chi connectivity index (χ1) is 7.94. The van der Waals surface area contributed by atoms with Crippen LogP contribution in [0.2, 0.25) is 0 Å². The molecule has 1 aliphatic rings. The lowest BCUT2D eigenvalue weighted by Gasteiger charge is -2.19. The lowest BCUT2D eigenvalue weighted by molar-refractivity contribution is 0.0636. The predicted molar refractivity (Wildman–Crippen MR) is 65.0 cm³/mol. The smallest absolute Gasteiger partial charge is 0.412 e. The fourth-order valence-corrected chi connectivity index (χ4v) is 1.44. The molecule has 1 amide bonds. The van der Waals surface area contributed by atoms with Gasteiger partial charge in [0.15, 0.2) is 0 Å². The zero-order valence-electron chi connectivity index (χ0n) is 10.3. The maximum atomic E-state index is 11.5. The minimum Gasteiger partial charge on any atom is -0.444 e. The van der Waals surface area contributed by atoms with E-state index in [-0.39, 0.29) is 6.10 Å². The number of anilines is 1. The zero-order chi connectivity index (χ0) is 12.5. The van der Waals surface area contributed by atoms with E-state index in [0.29, 0.717) is 0 Å². The molecule has 92 valence electrons. The second kappa shape index (κ2) is 4.37. The van der Waals surface area contributed by atoms with E-state index < -0.39 is 11.7 Å². The van der Waals surface area contributed by atoms with Crippen molar-refractivity contribution < 1.29 is 14.3 Å². The van der Waals surface area contributed by atoms with Crippen LogP contribution in [0.1, 0.15) is 32.4 Å². The minimum absolute atomic E-state index is 0.241. The number of ether oxygens (including phenoxy) is 2. The Labute approximate surface area is 101 Å². The highest BCUT2D eigenvalue weighted by Crippen LogP contribution is 2.30. The first-order valence-corrected chi connectivity index (χ1v) is 5.66. The summed E-state index contributed by atoms with van der Waals surface area (Å²) < 4.78 is 10.3. The number of rotatable bonds is 2. The molecule has 17 heavy (non-hydrogen) atoms. The first kappa shape index (κ1) is 11.9. The van der Waals surface area contributed by atoms with Crippen LogP contribution in [0, 0.1) is 0 Å². The van der Waals surface area contributed by atoms with Crippen LogP contribution in [-0.4, -0.2) is 18.3 Å². The van der Waals surface area contributed by atoms with Gasteiger partial charge in [0, 0.05) is 5.69 Å². The SMILES string of the molecule is CC(C)(C)OC(=O)Nc1ccc([C@@H]2CO2)cc1. The molecule has 0 aliphatic carbocycles. The third-order valence-electron chi connectivity index (χ3n) is 2.26. The normalized spacial score (nSPS) is 18.6. The van der Waals surface area contributed by atoms with E-state index in [1.165, 1.54) is 0 Å². The standard InChI is InChI=1S/C13H17NO3/c1-13(2,3)17-12(15)14-10-6-4-9(5-7-10)11-8-16-11/h4-7,11H,8H2,1-3H3,(H,14,15)/t11-/m0/s1. The summed E-state index contributed by atoms with van der Waals surface area (Å²) in [6.07, 6.45) is -0.196. The van der Waals surface area contributed by atoms with Crippen molar-refractivity contribution in [2.45, 2.75) is 32.5 Å². The molecular formula is C13H17NO3. The molecule has 4 heteroatoms. The first-order valence-electron chi connectivity index (χ1n) is 5.66. The number of benzene rings is 1.